The van der Waals surface area contributed by atoms with Crippen LogP contribution in [0.1, 0.15) is 43.6 Å². The van der Waals surface area contributed by atoms with Gasteiger partial charge in [-0.25, -0.2) is 4.39 Å². The summed E-state index contributed by atoms with van der Waals surface area (Å²) < 4.78 is 49.1. The number of anilines is 1. The predicted octanol–water partition coefficient (Wildman–Crippen LogP) is 6.24. The second-order valence-electron chi connectivity index (χ2n) is 9.67. The quantitative estimate of drug-likeness (QED) is 0.492. The van der Waals surface area contributed by atoms with Crippen LogP contribution in [-0.2, 0) is 4.79 Å². The third-order valence-electron chi connectivity index (χ3n) is 7.45. The van der Waals surface area contributed by atoms with Crippen LogP contribution in [-0.4, -0.2) is 17.2 Å². The molecule has 6 rings (SSSR count). The monoisotopic (exact) mass is 468 g/mol. The predicted molar refractivity (Wildman–Crippen MR) is 119 cm³/mol. The van der Waals surface area contributed by atoms with Gasteiger partial charge in [-0.05, 0) is 91.3 Å². The minimum Gasteiger partial charge on any atom is -0.395 e. The fourth-order valence-corrected chi connectivity index (χ4v) is 6.16. The fraction of sp³-hybridized carbons (Fsp3) is 0.385. The largest absolute Gasteiger partial charge is 0.586 e. The summed E-state index contributed by atoms with van der Waals surface area (Å²) in [7, 11) is 0. The van der Waals surface area contributed by atoms with Crippen LogP contribution in [0.25, 0.3) is 10.9 Å². The lowest BCUT2D eigenvalue weighted by Crippen LogP contribution is -2.25. The van der Waals surface area contributed by atoms with Crippen molar-refractivity contribution in [3.8, 4) is 11.5 Å². The number of rotatable bonds is 4. The second kappa shape index (κ2) is 7.89. The van der Waals surface area contributed by atoms with Crippen molar-refractivity contribution in [2.45, 2.75) is 44.3 Å². The van der Waals surface area contributed by atoms with Crippen LogP contribution in [0.15, 0.2) is 48.7 Å². The van der Waals surface area contributed by atoms with Gasteiger partial charge in [0.1, 0.15) is 5.82 Å². The highest BCUT2D eigenvalue weighted by Gasteiger charge is 2.44. The normalized spacial score (nSPS) is 26.6. The molecule has 2 heterocycles. The standard InChI is InChI=1S/C26H23F3N2O3/c27-18-1-3-22-21(12-18)20(5-6-30-22)17-10-15-7-14(8-16(15)11-17)9-25(32)31-19-2-4-23-24(13-19)34-26(28,29)33-23/h1-6,12-17H,7-11H2,(H,31,32)/t14-,15-,16+,17+. The highest BCUT2D eigenvalue weighted by Crippen LogP contribution is 2.54. The number of alkyl halides is 2. The van der Waals surface area contributed by atoms with E-state index < -0.39 is 6.29 Å². The third-order valence-corrected chi connectivity index (χ3v) is 7.45. The molecule has 5 nitrogen and oxygen atoms in total. The summed E-state index contributed by atoms with van der Waals surface area (Å²) >= 11 is 0. The zero-order chi connectivity index (χ0) is 23.4. The Labute approximate surface area is 194 Å². The van der Waals surface area contributed by atoms with E-state index in [1.165, 1.54) is 29.8 Å². The number of fused-ring (bicyclic) bond motifs is 3. The van der Waals surface area contributed by atoms with Crippen molar-refractivity contribution in [1.29, 1.82) is 0 Å². The van der Waals surface area contributed by atoms with Gasteiger partial charge in [-0.3, -0.25) is 9.78 Å². The number of benzene rings is 2. The van der Waals surface area contributed by atoms with Crippen LogP contribution in [0.5, 0.6) is 11.5 Å². The van der Waals surface area contributed by atoms with Crippen molar-refractivity contribution >= 4 is 22.5 Å². The molecule has 2 aromatic carbocycles. The first-order valence-electron chi connectivity index (χ1n) is 11.6. The number of pyridine rings is 1. The Kier molecular flexibility index (Phi) is 4.93. The molecular formula is C26H23F3N2O3. The number of ether oxygens (including phenoxy) is 2. The Morgan fingerprint density at radius 3 is 2.56 bits per heavy atom. The van der Waals surface area contributed by atoms with Gasteiger partial charge < -0.3 is 14.8 Å². The number of carbonyl (C=O) groups is 1. The number of aromatic nitrogens is 1. The summed E-state index contributed by atoms with van der Waals surface area (Å²) in [6, 6.07) is 11.0. The number of amides is 1. The van der Waals surface area contributed by atoms with Crippen LogP contribution < -0.4 is 14.8 Å². The molecule has 4 atom stereocenters. The molecule has 3 aromatic rings. The Morgan fingerprint density at radius 2 is 1.76 bits per heavy atom. The van der Waals surface area contributed by atoms with Crippen molar-refractivity contribution in [3.63, 3.8) is 0 Å². The summed E-state index contributed by atoms with van der Waals surface area (Å²) in [6.45, 7) is 0. The molecule has 0 spiro atoms. The van der Waals surface area contributed by atoms with Crippen molar-refractivity contribution in [3.05, 3.63) is 60.0 Å². The molecule has 1 amide bonds. The summed E-state index contributed by atoms with van der Waals surface area (Å²) in [5.74, 6) is 1.24. The summed E-state index contributed by atoms with van der Waals surface area (Å²) in [5, 5.41) is 3.68. The number of nitrogens with one attached hydrogen (secondary N) is 1. The van der Waals surface area contributed by atoms with E-state index in [9.17, 15) is 18.0 Å². The molecule has 1 aromatic heterocycles. The molecule has 8 heteroatoms. The number of hydrogen-bond acceptors (Lipinski definition) is 4. The van der Waals surface area contributed by atoms with Crippen LogP contribution >= 0.6 is 0 Å². The van der Waals surface area contributed by atoms with Crippen molar-refractivity contribution < 1.29 is 27.4 Å². The Morgan fingerprint density at radius 1 is 1.00 bits per heavy atom. The van der Waals surface area contributed by atoms with E-state index in [1.54, 1.807) is 18.3 Å². The molecule has 3 aliphatic rings. The summed E-state index contributed by atoms with van der Waals surface area (Å²) in [5.41, 5.74) is 2.39. The maximum Gasteiger partial charge on any atom is 0.586 e. The summed E-state index contributed by atoms with van der Waals surface area (Å²) in [6.07, 6.45) is 2.56. The average molecular weight is 468 g/mol. The zero-order valence-corrected chi connectivity index (χ0v) is 18.3. The second-order valence-corrected chi connectivity index (χ2v) is 9.67. The van der Waals surface area contributed by atoms with E-state index in [0.717, 1.165) is 36.6 Å². The van der Waals surface area contributed by atoms with Gasteiger partial charge in [0.25, 0.3) is 0 Å². The first-order valence-corrected chi connectivity index (χ1v) is 11.6. The number of nitrogens with zero attached hydrogens (tertiary/aromatic N) is 1. The lowest BCUT2D eigenvalue weighted by atomic mass is 9.89. The minimum atomic E-state index is -3.68. The van der Waals surface area contributed by atoms with Gasteiger partial charge in [0, 0.05) is 29.8 Å². The van der Waals surface area contributed by atoms with Gasteiger partial charge in [-0.1, -0.05) is 0 Å². The Bertz CT molecular complexity index is 1270. The van der Waals surface area contributed by atoms with Gasteiger partial charge in [0.2, 0.25) is 5.91 Å². The molecule has 176 valence electrons. The molecule has 2 fully saturated rings. The molecule has 0 unspecified atom stereocenters. The fourth-order valence-electron chi connectivity index (χ4n) is 6.16. The van der Waals surface area contributed by atoms with E-state index in [0.29, 0.717) is 35.8 Å². The molecule has 0 saturated heterocycles. The third kappa shape index (κ3) is 3.95. The lowest BCUT2D eigenvalue weighted by Gasteiger charge is -2.17. The van der Waals surface area contributed by atoms with Crippen molar-refractivity contribution in [2.24, 2.45) is 17.8 Å². The highest BCUT2D eigenvalue weighted by atomic mass is 19.3. The molecule has 2 saturated carbocycles. The summed E-state index contributed by atoms with van der Waals surface area (Å²) in [4.78, 5) is 17.0. The molecule has 34 heavy (non-hydrogen) atoms. The maximum absolute atomic E-state index is 13.9. The van der Waals surface area contributed by atoms with E-state index >= 15 is 0 Å². The van der Waals surface area contributed by atoms with E-state index in [4.69, 9.17) is 0 Å². The zero-order valence-electron chi connectivity index (χ0n) is 18.3. The van der Waals surface area contributed by atoms with E-state index in [2.05, 4.69) is 19.8 Å². The molecule has 1 N–H and O–H groups in total. The average Bonchev–Trinajstić information content (AvgIpc) is 3.42. The van der Waals surface area contributed by atoms with Crippen molar-refractivity contribution in [2.75, 3.05) is 5.32 Å². The molecule has 0 bridgehead atoms. The topological polar surface area (TPSA) is 60.5 Å². The first kappa shape index (κ1) is 21.3. The SMILES string of the molecule is O=C(C[C@@H]1C[C@@H]2C[C@H](c3ccnc4ccc(F)cc34)C[C@@H]2C1)Nc1ccc2c(c1)OC(F)(F)O2. The molecular weight excluding hydrogens is 445 g/mol. The van der Waals surface area contributed by atoms with Crippen molar-refractivity contribution in [1.82, 2.24) is 4.98 Å². The van der Waals surface area contributed by atoms with Gasteiger partial charge in [0.05, 0.1) is 5.52 Å². The van der Waals surface area contributed by atoms with Crippen LogP contribution in [0.2, 0.25) is 0 Å². The van der Waals surface area contributed by atoms with Gasteiger partial charge in [-0.2, -0.15) is 0 Å². The van der Waals surface area contributed by atoms with Crippen LogP contribution in [0, 0.1) is 23.6 Å². The Balaban J connectivity index is 1.07. The molecule has 2 aliphatic carbocycles. The van der Waals surface area contributed by atoms with E-state index in [1.807, 2.05) is 6.07 Å². The molecule has 1 aliphatic heterocycles. The first-order chi connectivity index (χ1) is 16.3. The van der Waals surface area contributed by atoms with Gasteiger partial charge >= 0.3 is 6.29 Å². The van der Waals surface area contributed by atoms with Crippen LogP contribution in [0.4, 0.5) is 18.9 Å². The minimum absolute atomic E-state index is 0.0501. The Hall–Kier alpha value is -3.29. The maximum atomic E-state index is 13.9. The number of halogens is 3. The van der Waals surface area contributed by atoms with Crippen LogP contribution in [0.3, 0.4) is 0 Å². The highest BCUT2D eigenvalue weighted by molar-refractivity contribution is 5.91. The number of hydrogen-bond donors (Lipinski definition) is 1. The lowest BCUT2D eigenvalue weighted by molar-refractivity contribution is -0.286. The smallest absolute Gasteiger partial charge is 0.395 e. The van der Waals surface area contributed by atoms with Gasteiger partial charge in [0.15, 0.2) is 11.5 Å². The molecule has 0 radical (unpaired) electrons. The van der Waals surface area contributed by atoms with E-state index in [-0.39, 0.29) is 23.2 Å². The van der Waals surface area contributed by atoms with Gasteiger partial charge in [-0.15, -0.1) is 8.78 Å². The number of carbonyl (C=O) groups excluding carboxylic acids is 1.